The molecule has 22 nitrogen and oxygen atoms in total. The van der Waals surface area contributed by atoms with Crippen molar-refractivity contribution in [3.8, 4) is 0 Å². The van der Waals surface area contributed by atoms with Crippen molar-refractivity contribution in [2.24, 2.45) is 0 Å². The van der Waals surface area contributed by atoms with Crippen molar-refractivity contribution in [1.29, 1.82) is 0 Å². The maximum absolute atomic E-state index is 12.5. The highest BCUT2D eigenvalue weighted by molar-refractivity contribution is 7.71. The van der Waals surface area contributed by atoms with Crippen LogP contribution in [0.15, 0.2) is 0 Å². The number of aliphatic hydroxyl groups is 6. The van der Waals surface area contributed by atoms with Gasteiger partial charge < -0.3 is 60.0 Å². The zero-order valence-electron chi connectivity index (χ0n) is 15.1. The van der Waals surface area contributed by atoms with Crippen LogP contribution < -0.4 is 0 Å². The fourth-order valence-corrected chi connectivity index (χ4v) is 8.30. The van der Waals surface area contributed by atoms with Crippen molar-refractivity contribution in [2.45, 2.75) is 36.3 Å². The van der Waals surface area contributed by atoms with Crippen LogP contribution in [0.25, 0.3) is 0 Å². The van der Waals surface area contributed by atoms with Crippen molar-refractivity contribution in [1.82, 2.24) is 0 Å². The summed E-state index contributed by atoms with van der Waals surface area (Å²) in [5.74, 6) is -4.08. The third-order valence-electron chi connectivity index (χ3n) is 3.28. The molecule has 27 heteroatoms. The van der Waals surface area contributed by atoms with Crippen molar-refractivity contribution in [3.05, 3.63) is 0 Å². The molecule has 0 aromatic heterocycles. The van der Waals surface area contributed by atoms with Crippen LogP contribution in [-0.4, -0.2) is 96.3 Å². The fraction of sp³-hybridized carbons (Fsp3) is 1.00. The molecule has 9 atom stereocenters. The van der Waals surface area contributed by atoms with E-state index in [0.29, 0.717) is 0 Å². The molecule has 0 aromatic rings. The van der Waals surface area contributed by atoms with E-state index in [4.69, 9.17) is 24.5 Å². The van der Waals surface area contributed by atoms with Gasteiger partial charge in [-0.05, 0) is 0 Å². The maximum Gasteiger partial charge on any atom is 0.495 e. The van der Waals surface area contributed by atoms with Gasteiger partial charge in [-0.15, -0.1) is 0 Å². The van der Waals surface area contributed by atoms with E-state index < -0.39 is 75.4 Å². The molecule has 12 N–H and O–H groups in total. The van der Waals surface area contributed by atoms with E-state index in [-0.39, 0.29) is 0 Å². The Bertz CT molecular complexity index is 931. The predicted molar refractivity (Wildman–Crippen MR) is 91.8 cm³/mol. The number of phosphoric acid groups is 5. The van der Waals surface area contributed by atoms with Crippen LogP contribution in [0, 0.1) is 0 Å². The maximum atomic E-state index is 12.5. The average molecular weight is 596 g/mol. The van der Waals surface area contributed by atoms with E-state index in [1.54, 1.807) is 0 Å². The zero-order valence-corrected chi connectivity index (χ0v) is 19.5. The lowest BCUT2D eigenvalue weighted by atomic mass is 9.82. The lowest BCUT2D eigenvalue weighted by Crippen LogP contribution is -2.71. The molecular formula is C6H17O22P5. The van der Waals surface area contributed by atoms with E-state index >= 15 is 0 Å². The van der Waals surface area contributed by atoms with Gasteiger partial charge in [0.25, 0.3) is 0 Å². The van der Waals surface area contributed by atoms with Crippen LogP contribution in [0.2, 0.25) is 0 Å². The Morgan fingerprint density at radius 3 is 1.27 bits per heavy atom. The van der Waals surface area contributed by atoms with Gasteiger partial charge in [0.1, 0.15) is 30.5 Å². The van der Waals surface area contributed by atoms with Crippen LogP contribution in [0.3, 0.4) is 0 Å². The minimum Gasteiger partial charge on any atom is -0.387 e. The van der Waals surface area contributed by atoms with Gasteiger partial charge in [0.05, 0.1) is 0 Å². The summed E-state index contributed by atoms with van der Waals surface area (Å²) in [6, 6.07) is 0. The fourth-order valence-electron chi connectivity index (χ4n) is 2.13. The molecule has 33 heavy (non-hydrogen) atoms. The van der Waals surface area contributed by atoms with E-state index in [1.807, 2.05) is 0 Å². The van der Waals surface area contributed by atoms with Gasteiger partial charge in [-0.2, -0.15) is 17.2 Å². The second kappa shape index (κ2) is 10.1. The second-order valence-electron chi connectivity index (χ2n) is 5.90. The quantitative estimate of drug-likeness (QED) is 0.0846. The van der Waals surface area contributed by atoms with E-state index in [9.17, 15) is 58.4 Å². The van der Waals surface area contributed by atoms with Crippen molar-refractivity contribution in [2.75, 3.05) is 0 Å². The summed E-state index contributed by atoms with van der Waals surface area (Å²) in [6.07, 6.45) is -13.8. The Balaban J connectivity index is 3.37. The topological polar surface area (TPSA) is 374 Å². The molecular weight excluding hydrogens is 579 g/mol. The molecule has 0 heterocycles. The summed E-state index contributed by atoms with van der Waals surface area (Å²) in [5.41, 5.74) is 0. The first-order valence-electron chi connectivity index (χ1n) is 7.39. The predicted octanol–water partition coefficient (Wildman–Crippen LogP) is -3.93. The molecule has 0 bridgehead atoms. The Kier molecular flexibility index (Phi) is 9.63. The molecule has 0 aliphatic heterocycles. The summed E-state index contributed by atoms with van der Waals surface area (Å²) < 4.78 is 74.7. The highest BCUT2D eigenvalue weighted by Gasteiger charge is 2.63. The molecule has 0 aromatic carbocycles. The normalized spacial score (nSPS) is 37.0. The molecule has 3 unspecified atom stereocenters. The molecule has 198 valence electrons. The minimum atomic E-state index is -6.64. The summed E-state index contributed by atoms with van der Waals surface area (Å²) in [4.78, 5) is 52.8. The van der Waals surface area contributed by atoms with E-state index in [1.165, 1.54) is 0 Å². The van der Waals surface area contributed by atoms with Crippen LogP contribution in [0.5, 0.6) is 0 Å². The number of rotatable bonds is 10. The second-order valence-corrected chi connectivity index (χ2v) is 13.4. The third kappa shape index (κ3) is 8.82. The highest BCUT2D eigenvalue weighted by atomic mass is 31.3. The van der Waals surface area contributed by atoms with Crippen LogP contribution >= 0.6 is 39.1 Å². The van der Waals surface area contributed by atoms with Gasteiger partial charge in [-0.1, -0.05) is 0 Å². The Hall–Kier alpha value is 0.470. The number of aliphatic hydroxyl groups excluding tert-OH is 5. The first kappa shape index (κ1) is 31.5. The van der Waals surface area contributed by atoms with Gasteiger partial charge in [-0.25, -0.2) is 27.3 Å². The molecule has 1 rings (SSSR count). The lowest BCUT2D eigenvalue weighted by molar-refractivity contribution is -0.336. The Morgan fingerprint density at radius 1 is 0.545 bits per heavy atom. The monoisotopic (exact) mass is 596 g/mol. The summed E-state index contributed by atoms with van der Waals surface area (Å²) in [7, 11) is -31.6. The largest absolute Gasteiger partial charge is 0.495 e. The van der Waals surface area contributed by atoms with E-state index in [2.05, 4.69) is 21.8 Å². The van der Waals surface area contributed by atoms with Crippen molar-refractivity contribution in [3.63, 3.8) is 0 Å². The molecule has 1 saturated carbocycles. The summed E-state index contributed by atoms with van der Waals surface area (Å²) in [6.45, 7) is 0. The SMILES string of the molecule is O=P(O)(O)OP(=O)(O)OP(=O)(O)OP(=O)(O[C@]1(O)[C@H](O)[C@H](O)[C@@H](O)[C@H](O)[C@H]1O)OP(=O)(O)O. The van der Waals surface area contributed by atoms with Gasteiger partial charge >= 0.3 is 39.1 Å². The Morgan fingerprint density at radius 2 is 0.909 bits per heavy atom. The molecule has 0 radical (unpaired) electrons. The van der Waals surface area contributed by atoms with Crippen LogP contribution in [0.1, 0.15) is 0 Å². The molecule has 0 saturated heterocycles. The average Bonchev–Trinajstić information content (AvgIpc) is 2.50. The van der Waals surface area contributed by atoms with Gasteiger partial charge in [-0.3, -0.25) is 0 Å². The van der Waals surface area contributed by atoms with Crippen LogP contribution in [-0.2, 0) is 44.6 Å². The molecule has 1 aliphatic rings. The highest BCUT2D eigenvalue weighted by Crippen LogP contribution is 2.75. The zero-order chi connectivity index (χ0) is 26.4. The molecule has 0 spiro atoms. The van der Waals surface area contributed by atoms with Crippen LogP contribution in [0.4, 0.5) is 0 Å². The van der Waals surface area contributed by atoms with Gasteiger partial charge in [0.15, 0.2) is 0 Å². The summed E-state index contributed by atoms with van der Waals surface area (Å²) >= 11 is 0. The van der Waals surface area contributed by atoms with Crippen molar-refractivity contribution >= 4 is 39.1 Å². The smallest absolute Gasteiger partial charge is 0.387 e. The number of hydrogen-bond donors (Lipinski definition) is 12. The van der Waals surface area contributed by atoms with Gasteiger partial charge in [0, 0.05) is 0 Å². The third-order valence-corrected chi connectivity index (χ3v) is 10.4. The number of hydrogen-bond acceptors (Lipinski definition) is 16. The van der Waals surface area contributed by atoms with E-state index in [0.717, 1.165) is 0 Å². The molecule has 1 aliphatic carbocycles. The first-order chi connectivity index (χ1) is 14.3. The van der Waals surface area contributed by atoms with Crippen molar-refractivity contribution < 1.29 is 105 Å². The minimum absolute atomic E-state index is 2.42. The molecule has 0 amide bonds. The standard InChI is InChI=1S/C6H17O22P5/c7-1-2(8)4(10)6(12,5(11)3(1)9)24-33(23,26-30(16,17)18)28-32(21,22)27-31(19,20)25-29(13,14)15/h1-5,7-12H,(H,19,20)(H,21,22)(H2,13,14,15)(H2,16,17,18)/t1-,2-,3+,4-,5-,6-,33?/m1/s1. The lowest BCUT2D eigenvalue weighted by Gasteiger charge is -2.47. The summed E-state index contributed by atoms with van der Waals surface area (Å²) in [5, 5.41) is 58.3. The molecule has 1 fully saturated rings. The van der Waals surface area contributed by atoms with Gasteiger partial charge in [0.2, 0.25) is 5.79 Å². The first-order valence-corrected chi connectivity index (χ1v) is 14.9. The Labute approximate surface area is 180 Å².